The van der Waals surface area contributed by atoms with Crippen LogP contribution in [0.3, 0.4) is 0 Å². The molecule has 1 saturated carbocycles. The summed E-state index contributed by atoms with van der Waals surface area (Å²) in [5.41, 5.74) is 1.34. The van der Waals surface area contributed by atoms with E-state index in [1.54, 1.807) is 13.0 Å². The molecule has 1 N–H and O–H groups in total. The Morgan fingerprint density at radius 3 is 2.64 bits per heavy atom. The number of benzene rings is 1. The van der Waals surface area contributed by atoms with E-state index in [4.69, 9.17) is 0 Å². The van der Waals surface area contributed by atoms with Crippen molar-refractivity contribution in [2.24, 2.45) is 11.8 Å². The Kier molecular flexibility index (Phi) is 2.31. The van der Waals surface area contributed by atoms with Crippen LogP contribution in [0, 0.1) is 24.6 Å². The lowest BCUT2D eigenvalue weighted by molar-refractivity contribution is 0.148. The number of aliphatic hydroxyl groups excluding tert-OH is 1. The fourth-order valence-electron chi connectivity index (χ4n) is 1.83. The van der Waals surface area contributed by atoms with Crippen molar-refractivity contribution in [3.63, 3.8) is 0 Å². The Hall–Kier alpha value is -0.890. The number of hydrogen-bond acceptors (Lipinski definition) is 1. The molecular weight excluding hydrogens is 179 g/mol. The molecule has 0 radical (unpaired) electrons. The lowest BCUT2D eigenvalue weighted by Crippen LogP contribution is -2.01. The number of rotatable bonds is 2. The molecule has 0 spiro atoms. The second kappa shape index (κ2) is 3.35. The number of halogens is 1. The van der Waals surface area contributed by atoms with Gasteiger partial charge >= 0.3 is 0 Å². The predicted octanol–water partition coefficient (Wildman–Crippen LogP) is 2.82. The maximum atomic E-state index is 13.2. The minimum Gasteiger partial charge on any atom is -0.388 e. The molecule has 0 heterocycles. The standard InChI is InChI=1S/C12H15FO/c1-7-3-4-9(6-11(7)13)12(14)10-5-8(10)2/h3-4,6,8,10,12,14H,5H2,1-2H3. The summed E-state index contributed by atoms with van der Waals surface area (Å²) in [4.78, 5) is 0. The van der Waals surface area contributed by atoms with Gasteiger partial charge < -0.3 is 5.11 Å². The Balaban J connectivity index is 2.20. The number of aliphatic hydroxyl groups is 1. The SMILES string of the molecule is Cc1ccc(C(O)C2CC2C)cc1F. The first-order chi connectivity index (χ1) is 6.59. The van der Waals surface area contributed by atoms with Crippen molar-refractivity contribution in [3.8, 4) is 0 Å². The van der Waals surface area contributed by atoms with E-state index in [9.17, 15) is 9.50 Å². The van der Waals surface area contributed by atoms with E-state index < -0.39 is 6.10 Å². The average molecular weight is 194 g/mol. The summed E-state index contributed by atoms with van der Waals surface area (Å²) in [6.45, 7) is 3.84. The van der Waals surface area contributed by atoms with E-state index in [2.05, 4.69) is 6.92 Å². The number of aryl methyl sites for hydroxylation is 1. The molecule has 3 unspecified atom stereocenters. The van der Waals surface area contributed by atoms with Crippen molar-refractivity contribution in [2.75, 3.05) is 0 Å². The first-order valence-corrected chi connectivity index (χ1v) is 5.03. The summed E-state index contributed by atoms with van der Waals surface area (Å²) in [6.07, 6.45) is 0.566. The van der Waals surface area contributed by atoms with E-state index in [-0.39, 0.29) is 5.82 Å². The van der Waals surface area contributed by atoms with Gasteiger partial charge in [0.05, 0.1) is 6.10 Å². The van der Waals surface area contributed by atoms with Crippen LogP contribution in [0.5, 0.6) is 0 Å². The molecule has 1 fully saturated rings. The van der Waals surface area contributed by atoms with Gasteiger partial charge in [0, 0.05) is 0 Å². The zero-order valence-electron chi connectivity index (χ0n) is 8.50. The summed E-state index contributed by atoms with van der Waals surface area (Å²) < 4.78 is 13.2. The summed E-state index contributed by atoms with van der Waals surface area (Å²) in [5.74, 6) is 0.682. The van der Waals surface area contributed by atoms with Crippen LogP contribution in [-0.4, -0.2) is 5.11 Å². The molecule has 1 nitrogen and oxygen atoms in total. The van der Waals surface area contributed by atoms with Gasteiger partial charge in [0.25, 0.3) is 0 Å². The van der Waals surface area contributed by atoms with Crippen LogP contribution in [0.25, 0.3) is 0 Å². The Labute approximate surface area is 83.6 Å². The normalized spacial score (nSPS) is 27.4. The molecule has 76 valence electrons. The highest BCUT2D eigenvalue weighted by Crippen LogP contribution is 2.46. The largest absolute Gasteiger partial charge is 0.388 e. The van der Waals surface area contributed by atoms with Crippen LogP contribution in [0.4, 0.5) is 4.39 Å². The van der Waals surface area contributed by atoms with Crippen LogP contribution in [-0.2, 0) is 0 Å². The average Bonchev–Trinajstić information content (AvgIpc) is 2.86. The molecule has 3 atom stereocenters. The van der Waals surface area contributed by atoms with E-state index in [0.717, 1.165) is 6.42 Å². The van der Waals surface area contributed by atoms with Gasteiger partial charge in [0.2, 0.25) is 0 Å². The molecule has 1 aliphatic rings. The fraction of sp³-hybridized carbons (Fsp3) is 0.500. The highest BCUT2D eigenvalue weighted by molar-refractivity contribution is 5.26. The zero-order valence-corrected chi connectivity index (χ0v) is 8.50. The van der Waals surface area contributed by atoms with Gasteiger partial charge in [-0.05, 0) is 42.4 Å². The van der Waals surface area contributed by atoms with Gasteiger partial charge in [-0.3, -0.25) is 0 Å². The molecule has 2 rings (SSSR count). The van der Waals surface area contributed by atoms with Crippen molar-refractivity contribution >= 4 is 0 Å². The maximum Gasteiger partial charge on any atom is 0.126 e. The molecule has 0 amide bonds. The second-order valence-corrected chi connectivity index (χ2v) is 4.33. The molecule has 1 aromatic rings. The van der Waals surface area contributed by atoms with Crippen LogP contribution in [0.2, 0.25) is 0 Å². The fourth-order valence-corrected chi connectivity index (χ4v) is 1.83. The number of hydrogen-bond donors (Lipinski definition) is 1. The molecule has 2 heteroatoms. The van der Waals surface area contributed by atoms with Crippen molar-refractivity contribution < 1.29 is 9.50 Å². The maximum absolute atomic E-state index is 13.2. The second-order valence-electron chi connectivity index (χ2n) is 4.33. The van der Waals surface area contributed by atoms with Crippen molar-refractivity contribution in [2.45, 2.75) is 26.4 Å². The molecule has 14 heavy (non-hydrogen) atoms. The van der Waals surface area contributed by atoms with Crippen LogP contribution < -0.4 is 0 Å². The van der Waals surface area contributed by atoms with Gasteiger partial charge in [-0.25, -0.2) is 4.39 Å². The third-order valence-electron chi connectivity index (χ3n) is 3.11. The minimum atomic E-state index is -0.486. The molecule has 0 aliphatic heterocycles. The summed E-state index contributed by atoms with van der Waals surface area (Å²) in [5, 5.41) is 9.88. The summed E-state index contributed by atoms with van der Waals surface area (Å²) in [7, 11) is 0. The van der Waals surface area contributed by atoms with Gasteiger partial charge in [-0.1, -0.05) is 19.1 Å². The summed E-state index contributed by atoms with van der Waals surface area (Å²) in [6, 6.07) is 4.99. The van der Waals surface area contributed by atoms with Gasteiger partial charge in [0.15, 0.2) is 0 Å². The topological polar surface area (TPSA) is 20.2 Å². The molecule has 0 bridgehead atoms. The third-order valence-corrected chi connectivity index (χ3v) is 3.11. The minimum absolute atomic E-state index is 0.227. The Morgan fingerprint density at radius 1 is 1.50 bits per heavy atom. The lowest BCUT2D eigenvalue weighted by atomic mass is 10.0. The van der Waals surface area contributed by atoms with E-state index >= 15 is 0 Å². The first-order valence-electron chi connectivity index (χ1n) is 5.03. The quantitative estimate of drug-likeness (QED) is 0.767. The van der Waals surface area contributed by atoms with Crippen LogP contribution >= 0.6 is 0 Å². The van der Waals surface area contributed by atoms with E-state index in [0.29, 0.717) is 23.0 Å². The molecule has 1 aliphatic carbocycles. The smallest absolute Gasteiger partial charge is 0.126 e. The van der Waals surface area contributed by atoms with Crippen molar-refractivity contribution in [3.05, 3.63) is 35.1 Å². The highest BCUT2D eigenvalue weighted by atomic mass is 19.1. The first kappa shape index (κ1) is 9.66. The van der Waals surface area contributed by atoms with Gasteiger partial charge in [-0.15, -0.1) is 0 Å². The lowest BCUT2D eigenvalue weighted by Gasteiger charge is -2.10. The van der Waals surface area contributed by atoms with Crippen LogP contribution in [0.15, 0.2) is 18.2 Å². The van der Waals surface area contributed by atoms with Gasteiger partial charge in [-0.2, -0.15) is 0 Å². The molecule has 0 saturated heterocycles. The van der Waals surface area contributed by atoms with Crippen molar-refractivity contribution in [1.29, 1.82) is 0 Å². The van der Waals surface area contributed by atoms with E-state index in [1.165, 1.54) is 6.07 Å². The Bertz CT molecular complexity index is 348. The predicted molar refractivity (Wildman–Crippen MR) is 53.4 cm³/mol. The molecule has 0 aromatic heterocycles. The Morgan fingerprint density at radius 2 is 2.14 bits per heavy atom. The zero-order chi connectivity index (χ0) is 10.3. The highest BCUT2D eigenvalue weighted by Gasteiger charge is 2.39. The third kappa shape index (κ3) is 1.67. The van der Waals surface area contributed by atoms with Gasteiger partial charge in [0.1, 0.15) is 5.82 Å². The van der Waals surface area contributed by atoms with E-state index in [1.807, 2.05) is 6.07 Å². The summed E-state index contributed by atoms with van der Waals surface area (Å²) >= 11 is 0. The molecule has 1 aromatic carbocycles. The molecular formula is C12H15FO. The van der Waals surface area contributed by atoms with Crippen LogP contribution in [0.1, 0.15) is 30.6 Å². The monoisotopic (exact) mass is 194 g/mol. The van der Waals surface area contributed by atoms with Crippen molar-refractivity contribution in [1.82, 2.24) is 0 Å².